The first-order valence-electron chi connectivity index (χ1n) is 10.4. The van der Waals surface area contributed by atoms with E-state index in [2.05, 4.69) is 40.2 Å². The van der Waals surface area contributed by atoms with E-state index in [0.717, 1.165) is 43.4 Å². The van der Waals surface area contributed by atoms with Gasteiger partial charge >= 0.3 is 0 Å². The number of methoxy groups -OCH3 is 2. The first-order chi connectivity index (χ1) is 15.1. The van der Waals surface area contributed by atoms with Gasteiger partial charge in [-0.3, -0.25) is 9.69 Å². The average Bonchev–Trinajstić information content (AvgIpc) is 3.25. The minimum absolute atomic E-state index is 0.136. The first kappa shape index (κ1) is 21.4. The SMILES string of the molecule is COc1ccc(C(=O)NCCN2CCN(c3nc4c(C)cccc4s3)CC2)c(OC)c1. The molecule has 1 fully saturated rings. The number of benzene rings is 2. The van der Waals surface area contributed by atoms with Crippen molar-refractivity contribution in [2.75, 3.05) is 58.4 Å². The Balaban J connectivity index is 1.27. The molecule has 0 spiro atoms. The van der Waals surface area contributed by atoms with Crippen molar-refractivity contribution in [3.05, 3.63) is 47.5 Å². The number of ether oxygens (including phenoxy) is 2. The van der Waals surface area contributed by atoms with E-state index in [4.69, 9.17) is 14.5 Å². The summed E-state index contributed by atoms with van der Waals surface area (Å²) in [6.45, 7) is 7.32. The topological polar surface area (TPSA) is 66.9 Å². The standard InChI is InChI=1S/C23H28N4O3S/c1-16-5-4-6-20-21(16)25-23(31-20)27-13-11-26(12-14-27)10-9-24-22(28)18-8-7-17(29-2)15-19(18)30-3/h4-8,15H,9-14H2,1-3H3,(H,24,28). The van der Waals surface area contributed by atoms with Gasteiger partial charge in [-0.1, -0.05) is 23.5 Å². The van der Waals surface area contributed by atoms with Gasteiger partial charge in [-0.05, 0) is 30.7 Å². The maximum atomic E-state index is 12.5. The number of para-hydroxylation sites is 1. The van der Waals surface area contributed by atoms with Crippen LogP contribution in [0.15, 0.2) is 36.4 Å². The number of carbonyl (C=O) groups excluding carboxylic acids is 1. The zero-order valence-electron chi connectivity index (χ0n) is 18.2. The highest BCUT2D eigenvalue weighted by atomic mass is 32.1. The number of amides is 1. The van der Waals surface area contributed by atoms with E-state index in [1.54, 1.807) is 43.8 Å². The number of hydrogen-bond acceptors (Lipinski definition) is 7. The van der Waals surface area contributed by atoms with Crippen LogP contribution in [-0.2, 0) is 0 Å². The van der Waals surface area contributed by atoms with Crippen molar-refractivity contribution in [2.24, 2.45) is 0 Å². The number of aromatic nitrogens is 1. The molecule has 7 nitrogen and oxygen atoms in total. The summed E-state index contributed by atoms with van der Waals surface area (Å²) >= 11 is 1.76. The second-order valence-corrected chi connectivity index (χ2v) is 8.58. The van der Waals surface area contributed by atoms with E-state index in [0.29, 0.717) is 23.6 Å². The van der Waals surface area contributed by atoms with Crippen molar-refractivity contribution < 1.29 is 14.3 Å². The largest absolute Gasteiger partial charge is 0.497 e. The summed E-state index contributed by atoms with van der Waals surface area (Å²) in [5.41, 5.74) is 2.85. The molecule has 1 aliphatic rings. The number of aryl methyl sites for hydroxylation is 1. The smallest absolute Gasteiger partial charge is 0.255 e. The summed E-state index contributed by atoms with van der Waals surface area (Å²) in [7, 11) is 3.14. The molecule has 0 saturated carbocycles. The molecule has 0 aliphatic carbocycles. The minimum Gasteiger partial charge on any atom is -0.497 e. The third kappa shape index (κ3) is 4.75. The van der Waals surface area contributed by atoms with Gasteiger partial charge in [-0.25, -0.2) is 4.98 Å². The van der Waals surface area contributed by atoms with Crippen LogP contribution in [0, 0.1) is 6.92 Å². The third-order valence-electron chi connectivity index (χ3n) is 5.62. The normalized spacial score (nSPS) is 14.6. The number of hydrogen-bond donors (Lipinski definition) is 1. The van der Waals surface area contributed by atoms with Crippen molar-refractivity contribution in [1.29, 1.82) is 0 Å². The second-order valence-electron chi connectivity index (χ2n) is 7.57. The second kappa shape index (κ2) is 9.53. The number of nitrogens with one attached hydrogen (secondary N) is 1. The molecule has 31 heavy (non-hydrogen) atoms. The van der Waals surface area contributed by atoms with Crippen molar-refractivity contribution >= 4 is 32.6 Å². The Labute approximate surface area is 186 Å². The van der Waals surface area contributed by atoms with E-state index >= 15 is 0 Å². The summed E-state index contributed by atoms with van der Waals surface area (Å²) in [4.78, 5) is 22.1. The van der Waals surface area contributed by atoms with Crippen LogP contribution >= 0.6 is 11.3 Å². The first-order valence-corrected chi connectivity index (χ1v) is 11.2. The molecule has 164 valence electrons. The molecule has 0 unspecified atom stereocenters. The van der Waals surface area contributed by atoms with E-state index in [9.17, 15) is 4.79 Å². The van der Waals surface area contributed by atoms with Crippen LogP contribution in [0.5, 0.6) is 11.5 Å². The van der Waals surface area contributed by atoms with Crippen molar-refractivity contribution in [3.63, 3.8) is 0 Å². The van der Waals surface area contributed by atoms with Crippen LogP contribution in [0.25, 0.3) is 10.2 Å². The average molecular weight is 441 g/mol. The highest BCUT2D eigenvalue weighted by Gasteiger charge is 2.20. The lowest BCUT2D eigenvalue weighted by atomic mass is 10.1. The van der Waals surface area contributed by atoms with Crippen LogP contribution in [0.2, 0.25) is 0 Å². The number of nitrogens with zero attached hydrogens (tertiary/aromatic N) is 3. The Bertz CT molecular complexity index is 1060. The molecule has 1 amide bonds. The lowest BCUT2D eigenvalue weighted by Gasteiger charge is -2.34. The molecule has 8 heteroatoms. The Morgan fingerprint density at radius 1 is 1.13 bits per heavy atom. The quantitative estimate of drug-likeness (QED) is 0.609. The van der Waals surface area contributed by atoms with E-state index in [-0.39, 0.29) is 5.91 Å². The van der Waals surface area contributed by atoms with Gasteiger partial charge in [0.25, 0.3) is 5.91 Å². The van der Waals surface area contributed by atoms with Crippen molar-refractivity contribution in [3.8, 4) is 11.5 Å². The van der Waals surface area contributed by atoms with Gasteiger partial charge in [0, 0.05) is 45.3 Å². The van der Waals surface area contributed by atoms with Gasteiger partial charge in [0.1, 0.15) is 11.5 Å². The van der Waals surface area contributed by atoms with Crippen LogP contribution in [0.3, 0.4) is 0 Å². The fourth-order valence-corrected chi connectivity index (χ4v) is 4.88. The van der Waals surface area contributed by atoms with Crippen molar-refractivity contribution in [2.45, 2.75) is 6.92 Å². The predicted molar refractivity (Wildman–Crippen MR) is 125 cm³/mol. The summed E-state index contributed by atoms with van der Waals surface area (Å²) < 4.78 is 11.8. The monoisotopic (exact) mass is 440 g/mol. The zero-order chi connectivity index (χ0) is 21.8. The number of rotatable bonds is 7. The van der Waals surface area contributed by atoms with E-state index in [1.165, 1.54) is 10.3 Å². The molecule has 1 aliphatic heterocycles. The van der Waals surface area contributed by atoms with Gasteiger partial charge in [-0.2, -0.15) is 0 Å². The number of thiazole rings is 1. The molecule has 2 heterocycles. The maximum absolute atomic E-state index is 12.5. The molecule has 1 aromatic heterocycles. The number of piperazine rings is 1. The van der Waals surface area contributed by atoms with Gasteiger partial charge in [0.05, 0.1) is 30.0 Å². The summed E-state index contributed by atoms with van der Waals surface area (Å²) in [5.74, 6) is 1.04. The molecular weight excluding hydrogens is 412 g/mol. The van der Waals surface area contributed by atoms with Crippen LogP contribution in [0.1, 0.15) is 15.9 Å². The molecule has 1 saturated heterocycles. The van der Waals surface area contributed by atoms with Gasteiger partial charge in [0.15, 0.2) is 5.13 Å². The Hall–Kier alpha value is -2.84. The molecule has 0 bridgehead atoms. The van der Waals surface area contributed by atoms with E-state index in [1.807, 2.05) is 0 Å². The van der Waals surface area contributed by atoms with Gasteiger partial charge in [-0.15, -0.1) is 0 Å². The summed E-state index contributed by atoms with van der Waals surface area (Å²) in [6, 6.07) is 11.6. The summed E-state index contributed by atoms with van der Waals surface area (Å²) in [5, 5.41) is 4.10. The van der Waals surface area contributed by atoms with Crippen molar-refractivity contribution in [1.82, 2.24) is 15.2 Å². The van der Waals surface area contributed by atoms with Crippen LogP contribution in [0.4, 0.5) is 5.13 Å². The highest BCUT2D eigenvalue weighted by Crippen LogP contribution is 2.31. The number of fused-ring (bicyclic) bond motifs is 1. The molecule has 0 radical (unpaired) electrons. The molecule has 2 aromatic carbocycles. The molecular formula is C23H28N4O3S. The minimum atomic E-state index is -0.136. The fraction of sp³-hybridized carbons (Fsp3) is 0.391. The molecule has 4 rings (SSSR count). The third-order valence-corrected chi connectivity index (χ3v) is 6.70. The Morgan fingerprint density at radius 2 is 1.94 bits per heavy atom. The number of carbonyl (C=O) groups is 1. The lowest BCUT2D eigenvalue weighted by Crippen LogP contribution is -2.48. The molecule has 3 aromatic rings. The summed E-state index contributed by atoms with van der Waals surface area (Å²) in [6.07, 6.45) is 0. The Morgan fingerprint density at radius 3 is 2.65 bits per heavy atom. The predicted octanol–water partition coefficient (Wildman–Crippen LogP) is 3.17. The zero-order valence-corrected chi connectivity index (χ0v) is 19.0. The van der Waals surface area contributed by atoms with Gasteiger partial charge < -0.3 is 19.7 Å². The van der Waals surface area contributed by atoms with E-state index < -0.39 is 0 Å². The molecule has 1 N–H and O–H groups in total. The number of anilines is 1. The highest BCUT2D eigenvalue weighted by molar-refractivity contribution is 7.22. The van der Waals surface area contributed by atoms with Crippen LogP contribution in [-0.4, -0.2) is 69.3 Å². The fourth-order valence-electron chi connectivity index (χ4n) is 3.78. The van der Waals surface area contributed by atoms with Crippen LogP contribution < -0.4 is 19.7 Å². The van der Waals surface area contributed by atoms with Gasteiger partial charge in [0.2, 0.25) is 0 Å². The lowest BCUT2D eigenvalue weighted by molar-refractivity contribution is 0.0944. The molecule has 0 atom stereocenters. The Kier molecular flexibility index (Phi) is 6.58. The maximum Gasteiger partial charge on any atom is 0.255 e.